The molecular weight excluding hydrogens is 354 g/mol. The van der Waals surface area contributed by atoms with E-state index in [4.69, 9.17) is 19.4 Å². The third kappa shape index (κ3) is 4.45. The Morgan fingerprint density at radius 2 is 2.16 bits per heavy atom. The lowest BCUT2D eigenvalue weighted by Crippen LogP contribution is -2.31. The average Bonchev–Trinajstić information content (AvgIpc) is 2.87. The van der Waals surface area contributed by atoms with Crippen LogP contribution in [-0.4, -0.2) is 41.1 Å². The third-order valence-electron chi connectivity index (χ3n) is 4.07. The molecule has 5 nitrogen and oxygen atoms in total. The van der Waals surface area contributed by atoms with Crippen LogP contribution < -0.4 is 5.32 Å². The molecule has 1 N–H and O–H groups in total. The Morgan fingerprint density at radius 1 is 1.36 bits per heavy atom. The Labute approximate surface area is 157 Å². The van der Waals surface area contributed by atoms with Crippen molar-refractivity contribution in [3.63, 3.8) is 0 Å². The van der Waals surface area contributed by atoms with Crippen LogP contribution in [0, 0.1) is 0 Å². The van der Waals surface area contributed by atoms with Gasteiger partial charge in [-0.25, -0.2) is 9.97 Å². The number of fused-ring (bicyclic) bond motifs is 3. The van der Waals surface area contributed by atoms with Crippen molar-refractivity contribution in [3.05, 3.63) is 10.4 Å². The fraction of sp³-hybridized carbons (Fsp3) is 0.667. The molecule has 0 saturated carbocycles. The second-order valence-corrected chi connectivity index (χ2v) is 9.83. The van der Waals surface area contributed by atoms with Crippen LogP contribution in [0.15, 0.2) is 5.16 Å². The number of thiophene rings is 1. The van der Waals surface area contributed by atoms with Gasteiger partial charge in [-0.3, -0.25) is 0 Å². The number of ether oxygens (including phenoxy) is 2. The number of anilines is 1. The van der Waals surface area contributed by atoms with Crippen molar-refractivity contribution < 1.29 is 9.47 Å². The molecule has 3 heterocycles. The van der Waals surface area contributed by atoms with Gasteiger partial charge < -0.3 is 14.8 Å². The Balaban J connectivity index is 2.00. The van der Waals surface area contributed by atoms with Gasteiger partial charge in [0.15, 0.2) is 5.16 Å². The molecule has 2 aromatic heterocycles. The highest BCUT2D eigenvalue weighted by atomic mass is 32.2. The quantitative estimate of drug-likeness (QED) is 0.433. The van der Waals surface area contributed by atoms with Crippen LogP contribution in [0.2, 0.25) is 0 Å². The van der Waals surface area contributed by atoms with Gasteiger partial charge in [-0.05, 0) is 25.8 Å². The van der Waals surface area contributed by atoms with Crippen molar-refractivity contribution in [1.29, 1.82) is 0 Å². The molecule has 2 aromatic rings. The van der Waals surface area contributed by atoms with E-state index < -0.39 is 0 Å². The minimum atomic E-state index is -0.139. The van der Waals surface area contributed by atoms with Gasteiger partial charge in [0.05, 0.1) is 17.6 Å². The summed E-state index contributed by atoms with van der Waals surface area (Å²) in [4.78, 5) is 12.0. The van der Waals surface area contributed by atoms with Gasteiger partial charge in [-0.15, -0.1) is 11.3 Å². The first-order chi connectivity index (χ1) is 11.9. The largest absolute Gasteiger partial charge is 0.385 e. The Morgan fingerprint density at radius 3 is 2.88 bits per heavy atom. The highest BCUT2D eigenvalue weighted by molar-refractivity contribution is 7.99. The van der Waals surface area contributed by atoms with E-state index in [9.17, 15) is 0 Å². The number of thioether (sulfide) groups is 1. The predicted molar refractivity (Wildman–Crippen MR) is 106 cm³/mol. The Bertz CT molecular complexity index is 743. The van der Waals surface area contributed by atoms with Gasteiger partial charge in [0.25, 0.3) is 0 Å². The summed E-state index contributed by atoms with van der Waals surface area (Å²) in [7, 11) is 1.73. The molecule has 0 bridgehead atoms. The van der Waals surface area contributed by atoms with Crippen LogP contribution in [-0.2, 0) is 22.5 Å². The van der Waals surface area contributed by atoms with E-state index in [2.05, 4.69) is 33.0 Å². The van der Waals surface area contributed by atoms with Crippen molar-refractivity contribution in [2.24, 2.45) is 0 Å². The van der Waals surface area contributed by atoms with Gasteiger partial charge >= 0.3 is 0 Å². The molecule has 0 radical (unpaired) electrons. The lowest BCUT2D eigenvalue weighted by molar-refractivity contribution is -0.0379. The zero-order valence-electron chi connectivity index (χ0n) is 15.6. The zero-order chi connectivity index (χ0) is 18.0. The summed E-state index contributed by atoms with van der Waals surface area (Å²) < 4.78 is 11.1. The van der Waals surface area contributed by atoms with Crippen LogP contribution in [0.4, 0.5) is 5.82 Å². The molecule has 0 atom stereocenters. The van der Waals surface area contributed by atoms with Crippen LogP contribution in [0.5, 0.6) is 0 Å². The highest BCUT2D eigenvalue weighted by Gasteiger charge is 2.31. The molecule has 7 heteroatoms. The van der Waals surface area contributed by atoms with Crippen LogP contribution in [0.25, 0.3) is 10.2 Å². The van der Waals surface area contributed by atoms with E-state index >= 15 is 0 Å². The first-order valence-corrected chi connectivity index (χ1v) is 10.4. The molecule has 0 aromatic carbocycles. The van der Waals surface area contributed by atoms with Crippen LogP contribution in [0.3, 0.4) is 0 Å². The van der Waals surface area contributed by atoms with E-state index in [1.165, 1.54) is 15.8 Å². The Kier molecular flexibility index (Phi) is 5.88. The summed E-state index contributed by atoms with van der Waals surface area (Å²) in [6.45, 7) is 10.9. The third-order valence-corrected chi connectivity index (χ3v) is 6.03. The summed E-state index contributed by atoms with van der Waals surface area (Å²) in [5.74, 6) is 0.958. The van der Waals surface area contributed by atoms with Gasteiger partial charge in [0, 0.05) is 36.8 Å². The molecule has 138 valence electrons. The van der Waals surface area contributed by atoms with Gasteiger partial charge in [0.1, 0.15) is 10.6 Å². The number of hydrogen-bond acceptors (Lipinski definition) is 7. The zero-order valence-corrected chi connectivity index (χ0v) is 17.3. The summed E-state index contributed by atoms with van der Waals surface area (Å²) in [6, 6.07) is 0. The maximum atomic E-state index is 5.99. The number of rotatable bonds is 7. The second kappa shape index (κ2) is 7.78. The average molecular weight is 382 g/mol. The SMILES string of the molecule is COCCCNc1nc(SC(C)C)nc2sc3c(c12)CC(C)(C)OC3. The maximum Gasteiger partial charge on any atom is 0.191 e. The standard InChI is InChI=1S/C18H27N3O2S2/c1-11(2)24-17-20-15(19-7-6-8-22-5)14-12-9-18(3,4)23-10-13(12)25-16(14)21-17/h11H,6-10H2,1-5H3,(H,19,20,21). The fourth-order valence-corrected chi connectivity index (χ4v) is 4.81. The van der Waals surface area contributed by atoms with Crippen molar-refractivity contribution >= 4 is 39.1 Å². The number of hydrogen-bond donors (Lipinski definition) is 1. The fourth-order valence-electron chi connectivity index (χ4n) is 2.94. The minimum absolute atomic E-state index is 0.139. The topological polar surface area (TPSA) is 56.3 Å². The number of nitrogens with zero attached hydrogens (tertiary/aromatic N) is 2. The lowest BCUT2D eigenvalue weighted by atomic mass is 9.94. The smallest absolute Gasteiger partial charge is 0.191 e. The summed E-state index contributed by atoms with van der Waals surface area (Å²) in [5, 5.41) is 6.00. The lowest BCUT2D eigenvalue weighted by Gasteiger charge is -2.30. The van der Waals surface area contributed by atoms with E-state index in [1.54, 1.807) is 30.2 Å². The monoisotopic (exact) mass is 381 g/mol. The molecule has 3 rings (SSSR count). The van der Waals surface area contributed by atoms with Crippen LogP contribution >= 0.6 is 23.1 Å². The summed E-state index contributed by atoms with van der Waals surface area (Å²) in [6.07, 6.45) is 1.85. The van der Waals surface area contributed by atoms with Crippen molar-refractivity contribution in [1.82, 2.24) is 9.97 Å². The molecule has 0 fully saturated rings. The molecule has 0 aliphatic carbocycles. The van der Waals surface area contributed by atoms with E-state index in [0.717, 1.165) is 41.8 Å². The maximum absolute atomic E-state index is 5.99. The van der Waals surface area contributed by atoms with Gasteiger partial charge in [-0.2, -0.15) is 0 Å². The number of aromatic nitrogens is 2. The molecular formula is C18H27N3O2S2. The summed E-state index contributed by atoms with van der Waals surface area (Å²) >= 11 is 3.45. The van der Waals surface area contributed by atoms with E-state index in [0.29, 0.717) is 11.9 Å². The van der Waals surface area contributed by atoms with Crippen molar-refractivity contribution in [2.45, 2.75) is 63.2 Å². The van der Waals surface area contributed by atoms with Gasteiger partial charge in [-0.1, -0.05) is 25.6 Å². The number of methoxy groups -OCH3 is 1. The van der Waals surface area contributed by atoms with Crippen LogP contribution in [0.1, 0.15) is 44.6 Å². The first kappa shape index (κ1) is 18.9. The van der Waals surface area contributed by atoms with E-state index in [-0.39, 0.29) is 5.60 Å². The molecule has 1 aliphatic rings. The molecule has 0 spiro atoms. The summed E-state index contributed by atoms with van der Waals surface area (Å²) in [5.41, 5.74) is 1.21. The minimum Gasteiger partial charge on any atom is -0.385 e. The van der Waals surface area contributed by atoms with Crippen molar-refractivity contribution in [3.8, 4) is 0 Å². The Hall–Kier alpha value is -0.890. The predicted octanol–water partition coefficient (Wildman–Crippen LogP) is 4.49. The van der Waals surface area contributed by atoms with E-state index in [1.807, 2.05) is 0 Å². The highest BCUT2D eigenvalue weighted by Crippen LogP contribution is 2.41. The van der Waals surface area contributed by atoms with Crippen molar-refractivity contribution in [2.75, 3.05) is 25.6 Å². The normalized spacial score (nSPS) is 16.4. The molecule has 0 unspecified atom stereocenters. The molecule has 25 heavy (non-hydrogen) atoms. The van der Waals surface area contributed by atoms with Gasteiger partial charge in [0.2, 0.25) is 0 Å². The second-order valence-electron chi connectivity index (χ2n) is 7.20. The number of nitrogens with one attached hydrogen (secondary N) is 1. The first-order valence-electron chi connectivity index (χ1n) is 8.75. The molecule has 0 amide bonds. The molecule has 0 saturated heterocycles. The molecule has 1 aliphatic heterocycles.